The summed E-state index contributed by atoms with van der Waals surface area (Å²) in [6.45, 7) is 0.0128. The van der Waals surface area contributed by atoms with Gasteiger partial charge in [0.1, 0.15) is 11.5 Å². The average Bonchev–Trinajstić information content (AvgIpc) is 3.37. The molecule has 2 heterocycles. The second kappa shape index (κ2) is 6.12. The Hall–Kier alpha value is -3.26. The van der Waals surface area contributed by atoms with Gasteiger partial charge < -0.3 is 28.8 Å². The van der Waals surface area contributed by atoms with Crippen LogP contribution in [0.5, 0.6) is 23.0 Å². The summed E-state index contributed by atoms with van der Waals surface area (Å²) in [7, 11) is 2.92. The van der Waals surface area contributed by atoms with Crippen molar-refractivity contribution in [1.82, 2.24) is 0 Å². The summed E-state index contributed by atoms with van der Waals surface area (Å²) in [6.07, 6.45) is 0. The minimum Gasteiger partial charge on any atom is -0.493 e. The molecule has 0 aromatic heterocycles. The third-order valence-corrected chi connectivity index (χ3v) is 5.89. The van der Waals surface area contributed by atoms with Crippen LogP contribution in [0.1, 0.15) is 21.5 Å². The Labute approximate surface area is 165 Å². The van der Waals surface area contributed by atoms with E-state index in [1.165, 1.54) is 20.3 Å². The fourth-order valence-electron chi connectivity index (χ4n) is 4.44. The Balaban J connectivity index is 1.79. The summed E-state index contributed by atoms with van der Waals surface area (Å²) in [5, 5.41) is 12.0. The fourth-order valence-corrected chi connectivity index (χ4v) is 4.44. The van der Waals surface area contributed by atoms with Gasteiger partial charge in [0.15, 0.2) is 28.8 Å². The number of hydrogen-bond acceptors (Lipinski definition) is 8. The van der Waals surface area contributed by atoms with Gasteiger partial charge in [-0.25, -0.2) is 0 Å². The number of benzene rings is 2. The molecule has 2 aliphatic heterocycles. The lowest BCUT2D eigenvalue weighted by Gasteiger charge is -2.41. The molecule has 2 aromatic rings. The van der Waals surface area contributed by atoms with Gasteiger partial charge in [-0.1, -0.05) is 6.07 Å². The first-order chi connectivity index (χ1) is 14.0. The molecular formula is C21H18O8. The Kier molecular flexibility index (Phi) is 3.76. The van der Waals surface area contributed by atoms with E-state index in [4.69, 9.17) is 23.7 Å². The predicted molar refractivity (Wildman–Crippen MR) is 97.4 cm³/mol. The second-order valence-corrected chi connectivity index (χ2v) is 7.17. The lowest BCUT2D eigenvalue weighted by molar-refractivity contribution is -0.140. The largest absolute Gasteiger partial charge is 0.493 e. The van der Waals surface area contributed by atoms with Gasteiger partial charge in [0.25, 0.3) is 0 Å². The van der Waals surface area contributed by atoms with Crippen LogP contribution < -0.4 is 18.9 Å². The zero-order valence-electron chi connectivity index (χ0n) is 15.8. The molecule has 5 rings (SSSR count). The van der Waals surface area contributed by atoms with Gasteiger partial charge in [-0.05, 0) is 29.8 Å². The summed E-state index contributed by atoms with van der Waals surface area (Å²) in [6, 6.07) is 8.13. The fraction of sp³-hybridized carbons (Fsp3) is 0.333. The molecule has 0 bridgehead atoms. The number of rotatable bonds is 3. The zero-order chi connectivity index (χ0) is 20.3. The average molecular weight is 398 g/mol. The number of ketones is 1. The van der Waals surface area contributed by atoms with E-state index in [1.54, 1.807) is 24.3 Å². The second-order valence-electron chi connectivity index (χ2n) is 7.17. The first kappa shape index (κ1) is 17.8. The highest BCUT2D eigenvalue weighted by molar-refractivity contribution is 6.12. The lowest BCUT2D eigenvalue weighted by atomic mass is 9.64. The highest BCUT2D eigenvalue weighted by Crippen LogP contribution is 2.53. The number of carbonyl (C=O) groups excluding carboxylic acids is 2. The summed E-state index contributed by atoms with van der Waals surface area (Å²) in [4.78, 5) is 25.5. The van der Waals surface area contributed by atoms with E-state index in [1.807, 2.05) is 0 Å². The van der Waals surface area contributed by atoms with E-state index < -0.39 is 29.2 Å². The van der Waals surface area contributed by atoms with Gasteiger partial charge in [-0.15, -0.1) is 0 Å². The minimum absolute atomic E-state index is 0.0754. The van der Waals surface area contributed by atoms with Crippen molar-refractivity contribution < 1.29 is 38.4 Å². The summed E-state index contributed by atoms with van der Waals surface area (Å²) in [5.74, 6) is -1.19. The van der Waals surface area contributed by atoms with Crippen LogP contribution in [0.15, 0.2) is 30.3 Å². The molecule has 2 aromatic carbocycles. The maximum atomic E-state index is 13.1. The van der Waals surface area contributed by atoms with Crippen LogP contribution in [0.4, 0.5) is 0 Å². The van der Waals surface area contributed by atoms with Gasteiger partial charge in [0, 0.05) is 11.1 Å². The topological polar surface area (TPSA) is 101 Å². The quantitative estimate of drug-likeness (QED) is 0.615. The number of hydrogen-bond donors (Lipinski definition) is 1. The third kappa shape index (κ3) is 2.29. The SMILES string of the molecule is COc1cc2c(cc1OC)C(O)(c1ccc3c(c1)OCO3)C1COC(=O)C1C2=O. The molecule has 1 fully saturated rings. The number of aliphatic hydroxyl groups is 1. The van der Waals surface area contributed by atoms with E-state index >= 15 is 0 Å². The Morgan fingerprint density at radius 2 is 1.72 bits per heavy atom. The monoisotopic (exact) mass is 398 g/mol. The molecule has 0 radical (unpaired) electrons. The number of carbonyl (C=O) groups is 2. The molecule has 0 spiro atoms. The smallest absolute Gasteiger partial charge is 0.317 e. The van der Waals surface area contributed by atoms with Gasteiger partial charge >= 0.3 is 5.97 Å². The number of fused-ring (bicyclic) bond motifs is 3. The van der Waals surface area contributed by atoms with Crippen molar-refractivity contribution in [2.24, 2.45) is 11.8 Å². The van der Waals surface area contributed by atoms with Crippen LogP contribution in [0.2, 0.25) is 0 Å². The lowest BCUT2D eigenvalue weighted by Crippen LogP contribution is -2.48. The molecule has 1 aliphatic carbocycles. The molecule has 3 atom stereocenters. The van der Waals surface area contributed by atoms with Crippen molar-refractivity contribution in [3.8, 4) is 23.0 Å². The normalized spacial score (nSPS) is 26.6. The summed E-state index contributed by atoms with van der Waals surface area (Å²) < 4.78 is 26.7. The predicted octanol–water partition coefficient (Wildman–Crippen LogP) is 1.65. The van der Waals surface area contributed by atoms with Crippen LogP contribution >= 0.6 is 0 Å². The van der Waals surface area contributed by atoms with Gasteiger partial charge in [0.2, 0.25) is 6.79 Å². The van der Waals surface area contributed by atoms with Crippen molar-refractivity contribution in [3.63, 3.8) is 0 Å². The highest BCUT2D eigenvalue weighted by atomic mass is 16.7. The number of methoxy groups -OCH3 is 2. The van der Waals surface area contributed by atoms with Crippen molar-refractivity contribution in [1.29, 1.82) is 0 Å². The Morgan fingerprint density at radius 1 is 1.00 bits per heavy atom. The number of Topliss-reactive ketones (excluding diaryl/α,β-unsaturated/α-hetero) is 1. The Morgan fingerprint density at radius 3 is 2.48 bits per heavy atom. The molecule has 0 amide bonds. The van der Waals surface area contributed by atoms with E-state index in [9.17, 15) is 14.7 Å². The maximum absolute atomic E-state index is 13.1. The molecule has 8 nitrogen and oxygen atoms in total. The number of esters is 1. The van der Waals surface area contributed by atoms with E-state index in [-0.39, 0.29) is 19.0 Å². The third-order valence-electron chi connectivity index (χ3n) is 5.89. The molecule has 8 heteroatoms. The molecular weight excluding hydrogens is 380 g/mol. The first-order valence-electron chi connectivity index (χ1n) is 9.09. The molecule has 150 valence electrons. The van der Waals surface area contributed by atoms with Gasteiger partial charge in [-0.2, -0.15) is 0 Å². The molecule has 3 aliphatic rings. The van der Waals surface area contributed by atoms with E-state index in [0.717, 1.165) is 0 Å². The number of cyclic esters (lactones) is 1. The van der Waals surface area contributed by atoms with Gasteiger partial charge in [-0.3, -0.25) is 9.59 Å². The van der Waals surface area contributed by atoms with Crippen molar-refractivity contribution in [2.75, 3.05) is 27.6 Å². The zero-order valence-corrected chi connectivity index (χ0v) is 15.8. The summed E-state index contributed by atoms with van der Waals surface area (Å²) >= 11 is 0. The van der Waals surface area contributed by atoms with Crippen LogP contribution in [0, 0.1) is 11.8 Å². The Bertz CT molecular complexity index is 1050. The van der Waals surface area contributed by atoms with Crippen LogP contribution in [-0.2, 0) is 15.1 Å². The van der Waals surface area contributed by atoms with E-state index in [0.29, 0.717) is 34.1 Å². The van der Waals surface area contributed by atoms with Crippen LogP contribution in [0.25, 0.3) is 0 Å². The van der Waals surface area contributed by atoms with Crippen LogP contribution in [-0.4, -0.2) is 44.5 Å². The number of ether oxygens (including phenoxy) is 5. The van der Waals surface area contributed by atoms with E-state index in [2.05, 4.69) is 0 Å². The molecule has 1 saturated heterocycles. The van der Waals surface area contributed by atoms with Gasteiger partial charge in [0.05, 0.1) is 26.7 Å². The molecule has 29 heavy (non-hydrogen) atoms. The summed E-state index contributed by atoms with van der Waals surface area (Å²) in [5.41, 5.74) is -0.682. The first-order valence-corrected chi connectivity index (χ1v) is 9.09. The van der Waals surface area contributed by atoms with Crippen LogP contribution in [0.3, 0.4) is 0 Å². The standard InChI is InChI=1S/C21H18O8/c1-25-15-6-11-12(7-16(15)26-2)21(24,13-8-27-20(23)18(13)19(11)22)10-3-4-14-17(5-10)29-9-28-14/h3-7,13,18,24H,8-9H2,1-2H3. The molecule has 1 N–H and O–H groups in total. The minimum atomic E-state index is -1.68. The van der Waals surface area contributed by atoms with Crippen molar-refractivity contribution >= 4 is 11.8 Å². The molecule has 3 unspecified atom stereocenters. The van der Waals surface area contributed by atoms with Crippen molar-refractivity contribution in [3.05, 3.63) is 47.0 Å². The molecule has 0 saturated carbocycles. The van der Waals surface area contributed by atoms with Crippen molar-refractivity contribution in [2.45, 2.75) is 5.60 Å². The maximum Gasteiger partial charge on any atom is 0.317 e. The highest BCUT2D eigenvalue weighted by Gasteiger charge is 2.59.